The molecule has 0 saturated carbocycles. The quantitative estimate of drug-likeness (QED) is 0.673. The van der Waals surface area contributed by atoms with Crippen molar-refractivity contribution in [3.8, 4) is 16.3 Å². The summed E-state index contributed by atoms with van der Waals surface area (Å²) in [6.07, 6.45) is 2.57. The van der Waals surface area contributed by atoms with Gasteiger partial charge >= 0.3 is 0 Å². The smallest absolute Gasteiger partial charge is 0.153 e. The van der Waals surface area contributed by atoms with Crippen LogP contribution in [0.2, 0.25) is 4.34 Å². The molecule has 20 heavy (non-hydrogen) atoms. The summed E-state index contributed by atoms with van der Waals surface area (Å²) < 4.78 is 2.42. The largest absolute Gasteiger partial charge is 0.298 e. The van der Waals surface area contributed by atoms with Gasteiger partial charge in [-0.1, -0.05) is 29.8 Å². The molecule has 0 aliphatic rings. The van der Waals surface area contributed by atoms with Gasteiger partial charge < -0.3 is 0 Å². The van der Waals surface area contributed by atoms with Crippen molar-refractivity contribution in [3.05, 3.63) is 58.1 Å². The van der Waals surface area contributed by atoms with Gasteiger partial charge in [-0.25, -0.2) is 4.68 Å². The van der Waals surface area contributed by atoms with Gasteiger partial charge in [0.15, 0.2) is 6.29 Å². The standard InChI is InChI=1S/C15H11ClN2OS/c1-10-4-2-3-5-12(10)18-8-11(9-19)15(17-18)13-6-7-14(16)20-13/h2-9H,1H3. The van der Waals surface area contributed by atoms with Gasteiger partial charge in [-0.15, -0.1) is 11.3 Å². The molecule has 3 aromatic rings. The van der Waals surface area contributed by atoms with Crippen LogP contribution in [0.5, 0.6) is 0 Å². The molecule has 0 radical (unpaired) electrons. The first kappa shape index (κ1) is 13.1. The number of aromatic nitrogens is 2. The van der Waals surface area contributed by atoms with Crippen LogP contribution in [-0.4, -0.2) is 16.1 Å². The minimum Gasteiger partial charge on any atom is -0.298 e. The van der Waals surface area contributed by atoms with Gasteiger partial charge in [0.05, 0.1) is 20.5 Å². The number of rotatable bonds is 3. The summed E-state index contributed by atoms with van der Waals surface area (Å²) in [5, 5.41) is 4.53. The highest BCUT2D eigenvalue weighted by atomic mass is 35.5. The first-order valence-electron chi connectivity index (χ1n) is 6.05. The number of aryl methyl sites for hydroxylation is 1. The number of benzene rings is 1. The Hall–Kier alpha value is -1.91. The van der Waals surface area contributed by atoms with E-state index in [1.165, 1.54) is 11.3 Å². The molecule has 3 nitrogen and oxygen atoms in total. The Morgan fingerprint density at radius 3 is 2.70 bits per heavy atom. The van der Waals surface area contributed by atoms with Gasteiger partial charge in [0, 0.05) is 6.20 Å². The molecule has 3 rings (SSSR count). The fraction of sp³-hybridized carbons (Fsp3) is 0.0667. The molecule has 2 heterocycles. The predicted octanol–water partition coefficient (Wildman–Crippen LogP) is 4.38. The Balaban J connectivity index is 2.14. The van der Waals surface area contributed by atoms with Crippen LogP contribution in [-0.2, 0) is 0 Å². The fourth-order valence-electron chi connectivity index (χ4n) is 2.05. The van der Waals surface area contributed by atoms with E-state index in [-0.39, 0.29) is 0 Å². The number of aldehydes is 1. The zero-order valence-electron chi connectivity index (χ0n) is 10.7. The molecule has 0 saturated heterocycles. The normalized spacial score (nSPS) is 10.7. The van der Waals surface area contributed by atoms with Crippen LogP contribution in [0.25, 0.3) is 16.3 Å². The Morgan fingerprint density at radius 2 is 2.05 bits per heavy atom. The highest BCUT2D eigenvalue weighted by molar-refractivity contribution is 7.19. The van der Waals surface area contributed by atoms with Crippen LogP contribution in [0.1, 0.15) is 15.9 Å². The molecule has 0 spiro atoms. The average molecular weight is 303 g/mol. The number of thiophene rings is 1. The van der Waals surface area contributed by atoms with E-state index in [2.05, 4.69) is 5.10 Å². The molecule has 2 aromatic heterocycles. The maximum atomic E-state index is 11.3. The van der Waals surface area contributed by atoms with Gasteiger partial charge in [0.2, 0.25) is 0 Å². The maximum Gasteiger partial charge on any atom is 0.153 e. The molecule has 100 valence electrons. The highest BCUT2D eigenvalue weighted by Gasteiger charge is 2.14. The van der Waals surface area contributed by atoms with Gasteiger partial charge in [0.1, 0.15) is 5.69 Å². The van der Waals surface area contributed by atoms with Crippen molar-refractivity contribution in [1.29, 1.82) is 0 Å². The van der Waals surface area contributed by atoms with E-state index in [0.717, 1.165) is 22.4 Å². The molecule has 0 fully saturated rings. The minimum atomic E-state index is 0.562. The van der Waals surface area contributed by atoms with E-state index >= 15 is 0 Å². The summed E-state index contributed by atoms with van der Waals surface area (Å²) in [5.41, 5.74) is 3.29. The number of halogens is 1. The van der Waals surface area contributed by atoms with Crippen molar-refractivity contribution >= 4 is 29.2 Å². The van der Waals surface area contributed by atoms with E-state index in [1.807, 2.05) is 43.3 Å². The average Bonchev–Trinajstić information content (AvgIpc) is 3.05. The Morgan fingerprint density at radius 1 is 1.25 bits per heavy atom. The number of para-hydroxylation sites is 1. The summed E-state index contributed by atoms with van der Waals surface area (Å²) in [4.78, 5) is 12.1. The highest BCUT2D eigenvalue weighted by Crippen LogP contribution is 2.32. The Bertz CT molecular complexity index is 776. The number of carbonyl (C=O) groups is 1. The van der Waals surface area contributed by atoms with Crippen molar-refractivity contribution in [2.24, 2.45) is 0 Å². The summed E-state index contributed by atoms with van der Waals surface area (Å²) in [6, 6.07) is 11.6. The van der Waals surface area contributed by atoms with E-state index < -0.39 is 0 Å². The Kier molecular flexibility index (Phi) is 3.42. The van der Waals surface area contributed by atoms with Crippen molar-refractivity contribution in [3.63, 3.8) is 0 Å². The molecule has 0 atom stereocenters. The molecule has 0 unspecified atom stereocenters. The number of nitrogens with zero attached hydrogens (tertiary/aromatic N) is 2. The lowest BCUT2D eigenvalue weighted by Crippen LogP contribution is -1.97. The van der Waals surface area contributed by atoms with Crippen LogP contribution < -0.4 is 0 Å². The first-order chi connectivity index (χ1) is 9.69. The van der Waals surface area contributed by atoms with Crippen LogP contribution in [0.15, 0.2) is 42.6 Å². The molecule has 5 heteroatoms. The van der Waals surface area contributed by atoms with E-state index in [0.29, 0.717) is 15.6 Å². The van der Waals surface area contributed by atoms with Crippen molar-refractivity contribution in [2.75, 3.05) is 0 Å². The molecule has 0 aliphatic carbocycles. The van der Waals surface area contributed by atoms with Gasteiger partial charge in [0.25, 0.3) is 0 Å². The van der Waals surface area contributed by atoms with E-state index in [1.54, 1.807) is 10.9 Å². The SMILES string of the molecule is Cc1ccccc1-n1cc(C=O)c(-c2ccc(Cl)s2)n1. The lowest BCUT2D eigenvalue weighted by atomic mass is 10.2. The van der Waals surface area contributed by atoms with Crippen LogP contribution >= 0.6 is 22.9 Å². The van der Waals surface area contributed by atoms with Crippen LogP contribution in [0.4, 0.5) is 0 Å². The second-order valence-electron chi connectivity index (χ2n) is 4.39. The third-order valence-electron chi connectivity index (χ3n) is 3.04. The number of hydrogen-bond acceptors (Lipinski definition) is 3. The molecule has 0 amide bonds. The molecular formula is C15H11ClN2OS. The summed E-state index contributed by atoms with van der Waals surface area (Å²) in [5.74, 6) is 0. The minimum absolute atomic E-state index is 0.562. The molecular weight excluding hydrogens is 292 g/mol. The van der Waals surface area contributed by atoms with Crippen molar-refractivity contribution in [1.82, 2.24) is 9.78 Å². The monoisotopic (exact) mass is 302 g/mol. The van der Waals surface area contributed by atoms with Crippen LogP contribution in [0.3, 0.4) is 0 Å². The van der Waals surface area contributed by atoms with Crippen molar-refractivity contribution in [2.45, 2.75) is 6.92 Å². The number of carbonyl (C=O) groups excluding carboxylic acids is 1. The second kappa shape index (κ2) is 5.23. The summed E-state index contributed by atoms with van der Waals surface area (Å²) >= 11 is 7.36. The second-order valence-corrected chi connectivity index (χ2v) is 6.10. The fourth-order valence-corrected chi connectivity index (χ4v) is 3.10. The van der Waals surface area contributed by atoms with Gasteiger partial charge in [-0.05, 0) is 30.7 Å². The molecule has 1 aromatic carbocycles. The van der Waals surface area contributed by atoms with Crippen LogP contribution in [0, 0.1) is 6.92 Å². The number of hydrogen-bond donors (Lipinski definition) is 0. The molecule has 0 N–H and O–H groups in total. The summed E-state index contributed by atoms with van der Waals surface area (Å²) in [6.45, 7) is 2.01. The Labute approximate surface area is 125 Å². The third kappa shape index (κ3) is 2.28. The summed E-state index contributed by atoms with van der Waals surface area (Å²) in [7, 11) is 0. The topological polar surface area (TPSA) is 34.9 Å². The van der Waals surface area contributed by atoms with E-state index in [9.17, 15) is 4.79 Å². The van der Waals surface area contributed by atoms with Crippen molar-refractivity contribution < 1.29 is 4.79 Å². The predicted molar refractivity (Wildman–Crippen MR) is 82.0 cm³/mol. The lowest BCUT2D eigenvalue weighted by Gasteiger charge is -2.04. The zero-order valence-corrected chi connectivity index (χ0v) is 12.3. The molecule has 0 aliphatic heterocycles. The molecule has 0 bridgehead atoms. The first-order valence-corrected chi connectivity index (χ1v) is 7.25. The van der Waals surface area contributed by atoms with Gasteiger partial charge in [-0.3, -0.25) is 4.79 Å². The zero-order chi connectivity index (χ0) is 14.1. The maximum absolute atomic E-state index is 11.3. The lowest BCUT2D eigenvalue weighted by molar-refractivity contribution is 0.112. The van der Waals surface area contributed by atoms with Gasteiger partial charge in [-0.2, -0.15) is 5.10 Å². The third-order valence-corrected chi connectivity index (χ3v) is 4.28. The van der Waals surface area contributed by atoms with E-state index in [4.69, 9.17) is 11.6 Å².